The van der Waals surface area contributed by atoms with Gasteiger partial charge in [0.05, 0.1) is 6.54 Å². The van der Waals surface area contributed by atoms with Crippen LogP contribution in [0.1, 0.15) is 33.6 Å². The molecular weight excluding hydrogens is 296 g/mol. The van der Waals surface area contributed by atoms with E-state index < -0.39 is 5.60 Å². The van der Waals surface area contributed by atoms with E-state index in [1.807, 2.05) is 39.8 Å². The second-order valence-corrected chi connectivity index (χ2v) is 6.89. The Morgan fingerprint density at radius 3 is 2.65 bits per heavy atom. The molecule has 1 aromatic rings. The number of hydrogen-bond acceptors (Lipinski definition) is 6. The zero-order chi connectivity index (χ0) is 17.0. The zero-order valence-electron chi connectivity index (χ0n) is 14.6. The highest BCUT2D eigenvalue weighted by molar-refractivity contribution is 5.68. The Hall–Kier alpha value is -2.05. The molecule has 1 aliphatic rings. The zero-order valence-corrected chi connectivity index (χ0v) is 14.6. The fourth-order valence-electron chi connectivity index (χ4n) is 2.39. The Labute approximate surface area is 137 Å². The summed E-state index contributed by atoms with van der Waals surface area (Å²) in [5.41, 5.74) is -0.492. The minimum absolute atomic E-state index is 0.105. The van der Waals surface area contributed by atoms with Crippen LogP contribution in [-0.4, -0.2) is 59.9 Å². The molecule has 1 aliphatic heterocycles. The van der Waals surface area contributed by atoms with Gasteiger partial charge in [0.25, 0.3) is 5.88 Å². The van der Waals surface area contributed by atoms with E-state index in [2.05, 4.69) is 9.97 Å². The maximum absolute atomic E-state index is 12.2. The Balaban J connectivity index is 2.01. The third-order valence-electron chi connectivity index (χ3n) is 3.38. The number of piperidine rings is 1. The summed E-state index contributed by atoms with van der Waals surface area (Å²) >= 11 is 0. The molecule has 7 heteroatoms. The van der Waals surface area contributed by atoms with Crippen molar-refractivity contribution < 1.29 is 14.3 Å². The second-order valence-electron chi connectivity index (χ2n) is 6.89. The van der Waals surface area contributed by atoms with Gasteiger partial charge in [-0.1, -0.05) is 0 Å². The smallest absolute Gasteiger partial charge is 0.410 e. The average molecular weight is 322 g/mol. The van der Waals surface area contributed by atoms with Gasteiger partial charge in [-0.15, -0.1) is 0 Å². The van der Waals surface area contributed by atoms with E-state index in [9.17, 15) is 4.79 Å². The average Bonchev–Trinajstić information content (AvgIpc) is 2.46. The van der Waals surface area contributed by atoms with Gasteiger partial charge in [-0.2, -0.15) is 0 Å². The molecule has 0 saturated carbocycles. The monoisotopic (exact) mass is 322 g/mol. The van der Waals surface area contributed by atoms with Crippen LogP contribution in [-0.2, 0) is 4.74 Å². The Morgan fingerprint density at radius 2 is 2.00 bits per heavy atom. The van der Waals surface area contributed by atoms with Gasteiger partial charge >= 0.3 is 6.09 Å². The lowest BCUT2D eigenvalue weighted by Gasteiger charge is -2.34. The molecule has 0 N–H and O–H groups in total. The number of anilines is 1. The first-order valence-corrected chi connectivity index (χ1v) is 7.89. The largest absolute Gasteiger partial charge is 0.470 e. The van der Waals surface area contributed by atoms with Crippen LogP contribution in [0.5, 0.6) is 5.88 Å². The second kappa shape index (κ2) is 7.02. The molecule has 0 aliphatic carbocycles. The van der Waals surface area contributed by atoms with Gasteiger partial charge in [0.1, 0.15) is 11.7 Å². The van der Waals surface area contributed by atoms with Crippen molar-refractivity contribution >= 4 is 11.9 Å². The van der Waals surface area contributed by atoms with E-state index in [-0.39, 0.29) is 12.2 Å². The maximum Gasteiger partial charge on any atom is 0.410 e. The van der Waals surface area contributed by atoms with E-state index >= 15 is 0 Å². The molecule has 1 atom stereocenters. The number of carbonyl (C=O) groups excluding carboxylic acids is 1. The summed E-state index contributed by atoms with van der Waals surface area (Å²) in [7, 11) is 3.79. The van der Waals surface area contributed by atoms with Crippen LogP contribution < -0.4 is 9.64 Å². The van der Waals surface area contributed by atoms with Crippen LogP contribution in [0.15, 0.2) is 12.4 Å². The number of amides is 1. The van der Waals surface area contributed by atoms with E-state index in [1.165, 1.54) is 0 Å². The molecule has 0 aromatic carbocycles. The van der Waals surface area contributed by atoms with E-state index in [0.717, 1.165) is 12.8 Å². The van der Waals surface area contributed by atoms with Gasteiger partial charge in [0.2, 0.25) is 0 Å². The maximum atomic E-state index is 12.2. The first-order chi connectivity index (χ1) is 10.8. The third-order valence-corrected chi connectivity index (χ3v) is 3.38. The van der Waals surface area contributed by atoms with Crippen LogP contribution in [0.25, 0.3) is 0 Å². The summed E-state index contributed by atoms with van der Waals surface area (Å²) in [4.78, 5) is 24.3. The van der Waals surface area contributed by atoms with E-state index in [1.54, 1.807) is 17.3 Å². The lowest BCUT2D eigenvalue weighted by molar-refractivity contribution is 0.00726. The third kappa shape index (κ3) is 4.97. The van der Waals surface area contributed by atoms with Gasteiger partial charge < -0.3 is 19.3 Å². The predicted molar refractivity (Wildman–Crippen MR) is 87.8 cm³/mol. The number of hydrogen-bond donors (Lipinski definition) is 0. The fourth-order valence-corrected chi connectivity index (χ4v) is 2.39. The normalized spacial score (nSPS) is 18.5. The Bertz CT molecular complexity index is 542. The lowest BCUT2D eigenvalue weighted by atomic mass is 10.1. The van der Waals surface area contributed by atoms with Crippen LogP contribution >= 0.6 is 0 Å². The number of ether oxygens (including phenoxy) is 2. The quantitative estimate of drug-likeness (QED) is 0.851. The number of aromatic nitrogens is 2. The number of nitrogens with zero attached hydrogens (tertiary/aromatic N) is 4. The molecule has 1 aromatic heterocycles. The summed E-state index contributed by atoms with van der Waals surface area (Å²) in [6.07, 6.45) is 4.60. The van der Waals surface area contributed by atoms with E-state index in [0.29, 0.717) is 24.8 Å². The first-order valence-electron chi connectivity index (χ1n) is 7.89. The van der Waals surface area contributed by atoms with Crippen LogP contribution in [0.4, 0.5) is 10.6 Å². The predicted octanol–water partition coefficient (Wildman–Crippen LogP) is 2.32. The minimum atomic E-state index is -0.492. The van der Waals surface area contributed by atoms with Crippen molar-refractivity contribution in [1.82, 2.24) is 14.9 Å². The number of rotatable bonds is 3. The van der Waals surface area contributed by atoms with Gasteiger partial charge in [0, 0.05) is 33.0 Å². The topological polar surface area (TPSA) is 67.8 Å². The fraction of sp³-hybridized carbons (Fsp3) is 0.688. The molecule has 2 heterocycles. The Kier molecular flexibility index (Phi) is 5.28. The van der Waals surface area contributed by atoms with Crippen molar-refractivity contribution in [1.29, 1.82) is 0 Å². The molecule has 128 valence electrons. The minimum Gasteiger partial charge on any atom is -0.470 e. The molecule has 1 amide bonds. The highest BCUT2D eigenvalue weighted by Crippen LogP contribution is 2.24. The van der Waals surface area contributed by atoms with Crippen molar-refractivity contribution in [2.45, 2.75) is 45.3 Å². The highest BCUT2D eigenvalue weighted by atomic mass is 16.6. The van der Waals surface area contributed by atoms with Crippen molar-refractivity contribution in [2.24, 2.45) is 0 Å². The molecule has 0 radical (unpaired) electrons. The van der Waals surface area contributed by atoms with Crippen molar-refractivity contribution in [3.63, 3.8) is 0 Å². The van der Waals surface area contributed by atoms with Gasteiger partial charge in [-0.25, -0.2) is 14.8 Å². The summed E-state index contributed by atoms with van der Waals surface area (Å²) < 4.78 is 11.4. The first kappa shape index (κ1) is 17.3. The van der Waals surface area contributed by atoms with Crippen molar-refractivity contribution in [3.8, 4) is 5.88 Å². The molecule has 1 saturated heterocycles. The standard InChI is InChI=1S/C16H26N4O3/c1-16(2,3)23-15(21)20-10-6-7-12(11-20)22-14-13(19(4)5)17-8-9-18-14/h8-9,12H,6-7,10-11H2,1-5H3. The lowest BCUT2D eigenvalue weighted by Crippen LogP contribution is -2.46. The van der Waals surface area contributed by atoms with Gasteiger partial charge in [0.15, 0.2) is 5.82 Å². The summed E-state index contributed by atoms with van der Waals surface area (Å²) in [5.74, 6) is 1.18. The molecule has 2 rings (SSSR count). The van der Waals surface area contributed by atoms with Crippen LogP contribution in [0.2, 0.25) is 0 Å². The van der Waals surface area contributed by atoms with Gasteiger partial charge in [-0.3, -0.25) is 0 Å². The molecule has 7 nitrogen and oxygen atoms in total. The summed E-state index contributed by atoms with van der Waals surface area (Å²) in [6, 6.07) is 0. The number of carbonyl (C=O) groups is 1. The Morgan fingerprint density at radius 1 is 1.30 bits per heavy atom. The van der Waals surface area contributed by atoms with Crippen molar-refractivity contribution in [2.75, 3.05) is 32.1 Å². The molecule has 23 heavy (non-hydrogen) atoms. The highest BCUT2D eigenvalue weighted by Gasteiger charge is 2.29. The SMILES string of the molecule is CN(C)c1nccnc1OC1CCCN(C(=O)OC(C)(C)C)C1. The van der Waals surface area contributed by atoms with E-state index in [4.69, 9.17) is 9.47 Å². The van der Waals surface area contributed by atoms with Gasteiger partial charge in [-0.05, 0) is 33.6 Å². The van der Waals surface area contributed by atoms with Crippen molar-refractivity contribution in [3.05, 3.63) is 12.4 Å². The molecule has 0 bridgehead atoms. The molecule has 0 spiro atoms. The summed E-state index contributed by atoms with van der Waals surface area (Å²) in [6.45, 7) is 6.79. The molecule has 1 unspecified atom stereocenters. The molecular formula is C16H26N4O3. The van der Waals surface area contributed by atoms with Crippen LogP contribution in [0, 0.1) is 0 Å². The summed E-state index contributed by atoms with van der Waals surface area (Å²) in [5, 5.41) is 0. The van der Waals surface area contributed by atoms with Crippen LogP contribution in [0.3, 0.4) is 0 Å². The number of likely N-dealkylation sites (tertiary alicyclic amines) is 1. The molecule has 1 fully saturated rings.